The minimum atomic E-state index is -6.00. The Kier molecular flexibility index (Phi) is 6.24. The third-order valence-electron chi connectivity index (χ3n) is 4.65. The van der Waals surface area contributed by atoms with E-state index in [-0.39, 0.29) is 6.10 Å². The van der Waals surface area contributed by atoms with E-state index in [1.54, 1.807) is 0 Å². The van der Waals surface area contributed by atoms with Gasteiger partial charge in [0.2, 0.25) is 0 Å². The Bertz CT molecular complexity index is 604. The summed E-state index contributed by atoms with van der Waals surface area (Å²) in [6, 6.07) is 21.5. The summed E-state index contributed by atoms with van der Waals surface area (Å²) >= 11 is 0. The molecule has 0 spiro atoms. The molecule has 0 bridgehead atoms. The summed E-state index contributed by atoms with van der Waals surface area (Å²) in [6.07, 6.45) is -0.164. The van der Waals surface area contributed by atoms with Crippen LogP contribution < -0.4 is 0 Å². The van der Waals surface area contributed by atoms with Gasteiger partial charge in [0, 0.05) is 11.1 Å². The van der Waals surface area contributed by atoms with Gasteiger partial charge < -0.3 is 26.9 Å². The molecular formula is C18H22BF4NO. The molecule has 1 fully saturated rings. The molecule has 1 saturated heterocycles. The number of benzene rings is 2. The van der Waals surface area contributed by atoms with E-state index in [1.807, 2.05) is 0 Å². The molecule has 1 N–H and O–H groups in total. The molecule has 25 heavy (non-hydrogen) atoms. The van der Waals surface area contributed by atoms with Gasteiger partial charge in [-0.2, -0.15) is 0 Å². The SMILES string of the molecule is C[C@H]1[C@H](O)C[N+]1(Cc1ccccc1)Cc1ccccc1.F[B-](F)(F)F. The second-order valence-electron chi connectivity index (χ2n) is 6.49. The maximum absolute atomic E-state index is 9.99. The molecule has 0 unspecified atom stereocenters. The van der Waals surface area contributed by atoms with Gasteiger partial charge in [0.1, 0.15) is 25.7 Å². The van der Waals surface area contributed by atoms with E-state index < -0.39 is 7.25 Å². The molecule has 0 saturated carbocycles. The Morgan fingerprint density at radius 1 is 0.880 bits per heavy atom. The first-order valence-electron chi connectivity index (χ1n) is 8.19. The van der Waals surface area contributed by atoms with Crippen LogP contribution in [0, 0.1) is 0 Å². The summed E-state index contributed by atoms with van der Waals surface area (Å²) in [6.45, 7) is 5.01. The number of aliphatic hydroxyl groups excluding tert-OH is 1. The maximum atomic E-state index is 9.99. The predicted octanol–water partition coefficient (Wildman–Crippen LogP) is 4.27. The predicted molar refractivity (Wildman–Crippen MR) is 91.1 cm³/mol. The molecule has 1 aliphatic heterocycles. The molecule has 0 aliphatic carbocycles. The van der Waals surface area contributed by atoms with E-state index in [2.05, 4.69) is 67.6 Å². The van der Waals surface area contributed by atoms with E-state index in [1.165, 1.54) is 11.1 Å². The number of hydrogen-bond acceptors (Lipinski definition) is 1. The zero-order chi connectivity index (χ0) is 18.5. The van der Waals surface area contributed by atoms with Crippen LogP contribution in [0.15, 0.2) is 60.7 Å². The van der Waals surface area contributed by atoms with Gasteiger partial charge in [-0.15, -0.1) is 0 Å². The van der Waals surface area contributed by atoms with Crippen LogP contribution >= 0.6 is 0 Å². The highest BCUT2D eigenvalue weighted by Crippen LogP contribution is 2.34. The summed E-state index contributed by atoms with van der Waals surface area (Å²) in [5.74, 6) is 0. The lowest BCUT2D eigenvalue weighted by Gasteiger charge is -2.54. The van der Waals surface area contributed by atoms with Crippen molar-refractivity contribution in [3.8, 4) is 0 Å². The Hall–Kier alpha value is -1.86. The standard InChI is InChI=1S/C18H22NO.BF4/c1-15-18(20)14-19(15,12-16-8-4-2-5-9-16)13-17-10-6-3-7-11-17;2-1(3,4)5/h2-11,15,18,20H,12-14H2,1H3;/q+1;-1/t15-,18+;/m0./s1. The quantitative estimate of drug-likeness (QED) is 0.494. The molecule has 1 aliphatic rings. The minimum Gasteiger partial charge on any atom is -0.418 e. The van der Waals surface area contributed by atoms with E-state index in [0.29, 0.717) is 6.04 Å². The second-order valence-corrected chi connectivity index (χ2v) is 6.49. The minimum absolute atomic E-state index is 0.164. The molecule has 0 amide bonds. The maximum Gasteiger partial charge on any atom is 0.673 e. The normalized spacial score (nSPS) is 21.7. The molecule has 2 aromatic rings. The van der Waals surface area contributed by atoms with Crippen molar-refractivity contribution in [1.29, 1.82) is 0 Å². The zero-order valence-corrected chi connectivity index (χ0v) is 14.0. The number of nitrogens with zero attached hydrogens (tertiary/aromatic N) is 1. The van der Waals surface area contributed by atoms with Crippen molar-refractivity contribution in [3.05, 3.63) is 71.8 Å². The van der Waals surface area contributed by atoms with Crippen molar-refractivity contribution < 1.29 is 26.9 Å². The van der Waals surface area contributed by atoms with Gasteiger partial charge in [0.25, 0.3) is 0 Å². The Balaban J connectivity index is 0.000000399. The zero-order valence-electron chi connectivity index (χ0n) is 14.0. The van der Waals surface area contributed by atoms with Crippen molar-refractivity contribution in [2.75, 3.05) is 6.54 Å². The topological polar surface area (TPSA) is 20.2 Å². The summed E-state index contributed by atoms with van der Waals surface area (Å²) in [4.78, 5) is 0. The van der Waals surface area contributed by atoms with Crippen molar-refractivity contribution in [2.45, 2.75) is 32.2 Å². The summed E-state index contributed by atoms with van der Waals surface area (Å²) in [5, 5.41) is 9.99. The van der Waals surface area contributed by atoms with Gasteiger partial charge >= 0.3 is 7.25 Å². The number of hydrogen-bond donors (Lipinski definition) is 1. The van der Waals surface area contributed by atoms with Gasteiger partial charge in [-0.25, -0.2) is 0 Å². The molecule has 0 aromatic heterocycles. The lowest BCUT2D eigenvalue weighted by atomic mass is 9.92. The third kappa shape index (κ3) is 5.86. The summed E-state index contributed by atoms with van der Waals surface area (Å²) in [5.41, 5.74) is 2.70. The summed E-state index contributed by atoms with van der Waals surface area (Å²) < 4.78 is 40.0. The number of quaternary nitrogens is 1. The number of aliphatic hydroxyl groups is 1. The molecule has 0 radical (unpaired) electrons. The Labute approximate surface area is 145 Å². The molecule has 3 rings (SSSR count). The fourth-order valence-corrected chi connectivity index (χ4v) is 3.29. The largest absolute Gasteiger partial charge is 0.673 e. The van der Waals surface area contributed by atoms with Gasteiger partial charge in [-0.1, -0.05) is 60.7 Å². The van der Waals surface area contributed by atoms with E-state index >= 15 is 0 Å². The van der Waals surface area contributed by atoms with Crippen molar-refractivity contribution in [3.63, 3.8) is 0 Å². The summed E-state index contributed by atoms with van der Waals surface area (Å²) in [7, 11) is -6.00. The number of rotatable bonds is 4. The van der Waals surface area contributed by atoms with Crippen LogP contribution in [0.3, 0.4) is 0 Å². The molecule has 2 nitrogen and oxygen atoms in total. The van der Waals surface area contributed by atoms with Crippen LogP contribution in [-0.4, -0.2) is 35.5 Å². The molecule has 136 valence electrons. The average Bonchev–Trinajstić information content (AvgIpc) is 2.55. The first-order chi connectivity index (χ1) is 11.7. The van der Waals surface area contributed by atoms with Gasteiger partial charge in [0.05, 0.1) is 0 Å². The molecule has 1 heterocycles. The molecule has 7 heteroatoms. The van der Waals surface area contributed by atoms with Crippen molar-refractivity contribution in [2.24, 2.45) is 0 Å². The molecular weight excluding hydrogens is 333 g/mol. The van der Waals surface area contributed by atoms with Crippen LogP contribution in [0.2, 0.25) is 0 Å². The molecule has 2 atom stereocenters. The van der Waals surface area contributed by atoms with Crippen molar-refractivity contribution >= 4 is 7.25 Å². The molecule has 2 aromatic carbocycles. The first kappa shape index (κ1) is 19.5. The van der Waals surface area contributed by atoms with Crippen LogP contribution in [0.4, 0.5) is 17.3 Å². The first-order valence-corrected chi connectivity index (χ1v) is 8.19. The van der Waals surface area contributed by atoms with Crippen molar-refractivity contribution in [1.82, 2.24) is 0 Å². The highest BCUT2D eigenvalue weighted by Gasteiger charge is 2.50. The van der Waals surface area contributed by atoms with Crippen LogP contribution in [-0.2, 0) is 13.1 Å². The number of likely N-dealkylation sites (tertiary alicyclic amines) is 1. The Morgan fingerprint density at radius 3 is 1.52 bits per heavy atom. The monoisotopic (exact) mass is 355 g/mol. The second kappa shape index (κ2) is 8.02. The van der Waals surface area contributed by atoms with Gasteiger partial charge in [0.15, 0.2) is 6.10 Å². The number of halogens is 4. The van der Waals surface area contributed by atoms with E-state index in [9.17, 15) is 22.4 Å². The van der Waals surface area contributed by atoms with Gasteiger partial charge in [-0.05, 0) is 6.92 Å². The van der Waals surface area contributed by atoms with E-state index in [4.69, 9.17) is 0 Å². The smallest absolute Gasteiger partial charge is 0.418 e. The lowest BCUT2D eigenvalue weighted by molar-refractivity contribution is -1.02. The van der Waals surface area contributed by atoms with Crippen LogP contribution in [0.5, 0.6) is 0 Å². The van der Waals surface area contributed by atoms with Gasteiger partial charge in [-0.3, -0.25) is 0 Å². The van der Waals surface area contributed by atoms with Crippen LogP contribution in [0.1, 0.15) is 18.1 Å². The van der Waals surface area contributed by atoms with E-state index in [0.717, 1.165) is 24.1 Å². The average molecular weight is 355 g/mol. The Morgan fingerprint density at radius 2 is 1.24 bits per heavy atom. The lowest BCUT2D eigenvalue weighted by Crippen LogP contribution is -2.71. The highest BCUT2D eigenvalue weighted by atomic mass is 19.5. The fraction of sp³-hybridized carbons (Fsp3) is 0.333. The van der Waals surface area contributed by atoms with Crippen LogP contribution in [0.25, 0.3) is 0 Å². The third-order valence-corrected chi connectivity index (χ3v) is 4.65. The fourth-order valence-electron chi connectivity index (χ4n) is 3.29. The highest BCUT2D eigenvalue weighted by molar-refractivity contribution is 6.50.